The van der Waals surface area contributed by atoms with Gasteiger partial charge in [-0.05, 0) is 68.7 Å². The number of aryl methyl sites for hydroxylation is 2. The van der Waals surface area contributed by atoms with Gasteiger partial charge in [0, 0.05) is 50.6 Å². The second kappa shape index (κ2) is 14.4. The minimum absolute atomic E-state index is 0.0632. The number of halogens is 3. The van der Waals surface area contributed by atoms with Gasteiger partial charge in [-0.2, -0.15) is 13.2 Å². The van der Waals surface area contributed by atoms with Crippen LogP contribution in [-0.2, 0) is 14.8 Å². The van der Waals surface area contributed by atoms with Gasteiger partial charge in [0.1, 0.15) is 0 Å². The lowest BCUT2D eigenvalue weighted by Gasteiger charge is -2.32. The Kier molecular flexibility index (Phi) is 11.8. The summed E-state index contributed by atoms with van der Waals surface area (Å²) in [6.07, 6.45) is -3.15. The van der Waals surface area contributed by atoms with Gasteiger partial charge in [-0.1, -0.05) is 19.4 Å². The maximum absolute atomic E-state index is 13.5. The molecule has 2 aromatic rings. The van der Waals surface area contributed by atoms with Crippen LogP contribution in [0.1, 0.15) is 48.2 Å². The molecule has 222 valence electrons. The van der Waals surface area contributed by atoms with E-state index >= 15 is 0 Å². The van der Waals surface area contributed by atoms with Crippen LogP contribution in [0.5, 0.6) is 0 Å². The van der Waals surface area contributed by atoms with E-state index in [9.17, 15) is 26.4 Å². The fourth-order valence-corrected chi connectivity index (χ4v) is 5.10. The van der Waals surface area contributed by atoms with Gasteiger partial charge >= 0.3 is 12.1 Å². The lowest BCUT2D eigenvalue weighted by atomic mass is 10.1. The molecule has 0 aliphatic carbocycles. The largest absolute Gasteiger partial charge is 0.490 e. The average molecular weight is 587 g/mol. The quantitative estimate of drug-likeness (QED) is 0.398. The maximum atomic E-state index is 13.5. The molecule has 1 aliphatic rings. The van der Waals surface area contributed by atoms with Crippen LogP contribution < -0.4 is 14.9 Å². The third kappa shape index (κ3) is 9.12. The van der Waals surface area contributed by atoms with Gasteiger partial charge in [-0.15, -0.1) is 0 Å². The fraction of sp³-hybridized carbons (Fsp3) is 0.481. The third-order valence-electron chi connectivity index (χ3n) is 6.42. The number of carboxylic acid groups (broad SMARTS) is 1. The standard InChI is InChI=1S/C25H36N4O3S.C2HF3O2/c1-5-7-14-28(6-2)25(30)23-18-21(9-11-24(23)29-15-12-26-13-16-29)27-33(31,32)22-10-8-19(3)20(4)17-22;3-2(4,5)1(6)7/h8-11,17-18,26-27H,5-7,12-16H2,1-4H3;(H,6,7). The van der Waals surface area contributed by atoms with Gasteiger partial charge in [0.2, 0.25) is 0 Å². The highest BCUT2D eigenvalue weighted by Gasteiger charge is 2.38. The van der Waals surface area contributed by atoms with Crippen LogP contribution in [0.4, 0.5) is 24.5 Å². The Morgan fingerprint density at radius 1 is 1.05 bits per heavy atom. The molecule has 40 heavy (non-hydrogen) atoms. The Morgan fingerprint density at radius 3 is 2.20 bits per heavy atom. The van der Waals surface area contributed by atoms with Crippen molar-refractivity contribution >= 4 is 33.3 Å². The van der Waals surface area contributed by atoms with Gasteiger partial charge in [-0.3, -0.25) is 9.52 Å². The average Bonchev–Trinajstić information content (AvgIpc) is 2.90. The second-order valence-electron chi connectivity index (χ2n) is 9.36. The zero-order valence-electron chi connectivity index (χ0n) is 23.1. The predicted octanol–water partition coefficient (Wildman–Crippen LogP) is 4.41. The summed E-state index contributed by atoms with van der Waals surface area (Å²) in [4.78, 5) is 26.7. The number of carbonyl (C=O) groups excluding carboxylic acids is 1. The van der Waals surface area contributed by atoms with Crippen molar-refractivity contribution in [3.05, 3.63) is 53.1 Å². The smallest absolute Gasteiger partial charge is 0.475 e. The Bertz CT molecular complexity index is 1280. The van der Waals surface area contributed by atoms with Gasteiger partial charge < -0.3 is 20.2 Å². The number of nitrogens with zero attached hydrogens (tertiary/aromatic N) is 2. The summed E-state index contributed by atoms with van der Waals surface area (Å²) in [5, 5.41) is 10.5. The highest BCUT2D eigenvalue weighted by atomic mass is 32.2. The van der Waals surface area contributed by atoms with E-state index in [1.54, 1.807) is 30.3 Å². The molecule has 9 nitrogen and oxygen atoms in total. The summed E-state index contributed by atoms with van der Waals surface area (Å²) >= 11 is 0. The fourth-order valence-electron chi connectivity index (χ4n) is 3.97. The maximum Gasteiger partial charge on any atom is 0.490 e. The van der Waals surface area contributed by atoms with E-state index in [4.69, 9.17) is 9.90 Å². The number of hydrogen-bond donors (Lipinski definition) is 3. The molecular formula is C27H37F3N4O5S. The number of hydrogen-bond acceptors (Lipinski definition) is 6. The topological polar surface area (TPSA) is 119 Å². The number of sulfonamides is 1. The van der Waals surface area contributed by atoms with Gasteiger partial charge in [0.05, 0.1) is 10.5 Å². The molecule has 0 atom stereocenters. The molecule has 1 amide bonds. The van der Waals surface area contributed by atoms with E-state index in [0.717, 1.165) is 55.8 Å². The second-order valence-corrected chi connectivity index (χ2v) is 11.0. The first kappa shape index (κ1) is 32.9. The number of carboxylic acids is 1. The van der Waals surface area contributed by atoms with E-state index < -0.39 is 22.2 Å². The first-order chi connectivity index (χ1) is 18.7. The number of unbranched alkanes of at least 4 members (excludes halogenated alkanes) is 1. The van der Waals surface area contributed by atoms with Crippen molar-refractivity contribution in [3.63, 3.8) is 0 Å². The van der Waals surface area contributed by atoms with Crippen molar-refractivity contribution in [1.29, 1.82) is 0 Å². The van der Waals surface area contributed by atoms with E-state index in [-0.39, 0.29) is 10.8 Å². The number of nitrogens with one attached hydrogen (secondary N) is 2. The predicted molar refractivity (Wildman–Crippen MR) is 148 cm³/mol. The lowest BCUT2D eigenvalue weighted by molar-refractivity contribution is -0.192. The summed E-state index contributed by atoms with van der Waals surface area (Å²) in [6.45, 7) is 12.5. The molecule has 0 bridgehead atoms. The molecule has 0 saturated carbocycles. The Morgan fingerprint density at radius 2 is 1.68 bits per heavy atom. The van der Waals surface area contributed by atoms with Crippen LogP contribution in [0, 0.1) is 13.8 Å². The SMILES string of the molecule is CCCCN(CC)C(=O)c1cc(NS(=O)(=O)c2ccc(C)c(C)c2)ccc1N1CCNCC1.O=C(O)C(F)(F)F. The number of anilines is 2. The van der Waals surface area contributed by atoms with Crippen molar-refractivity contribution in [3.8, 4) is 0 Å². The number of carbonyl (C=O) groups is 2. The molecular weight excluding hydrogens is 549 g/mol. The molecule has 0 unspecified atom stereocenters. The number of benzene rings is 2. The van der Waals surface area contributed by atoms with E-state index in [1.807, 2.05) is 31.7 Å². The van der Waals surface area contributed by atoms with Crippen LogP contribution in [0.2, 0.25) is 0 Å². The van der Waals surface area contributed by atoms with Crippen molar-refractivity contribution in [1.82, 2.24) is 10.2 Å². The van der Waals surface area contributed by atoms with E-state index in [2.05, 4.69) is 21.9 Å². The summed E-state index contributed by atoms with van der Waals surface area (Å²) in [7, 11) is -3.77. The van der Waals surface area contributed by atoms with Crippen molar-refractivity contribution in [2.24, 2.45) is 0 Å². The van der Waals surface area contributed by atoms with Crippen molar-refractivity contribution in [2.45, 2.75) is 51.6 Å². The first-order valence-corrected chi connectivity index (χ1v) is 14.5. The Labute approximate surface area is 233 Å². The summed E-state index contributed by atoms with van der Waals surface area (Å²) in [6, 6.07) is 10.4. The molecule has 1 saturated heterocycles. The van der Waals surface area contributed by atoms with Crippen LogP contribution in [0.3, 0.4) is 0 Å². The zero-order valence-corrected chi connectivity index (χ0v) is 24.0. The third-order valence-corrected chi connectivity index (χ3v) is 7.80. The minimum Gasteiger partial charge on any atom is -0.475 e. The number of piperazine rings is 1. The number of rotatable bonds is 9. The summed E-state index contributed by atoms with van der Waals surface area (Å²) in [5.41, 5.74) is 3.73. The molecule has 0 radical (unpaired) electrons. The molecule has 1 heterocycles. The molecule has 2 aromatic carbocycles. The molecule has 3 N–H and O–H groups in total. The Balaban J connectivity index is 0.000000708. The highest BCUT2D eigenvalue weighted by molar-refractivity contribution is 7.92. The highest BCUT2D eigenvalue weighted by Crippen LogP contribution is 2.28. The minimum atomic E-state index is -5.08. The van der Waals surface area contributed by atoms with Gasteiger partial charge in [-0.25, -0.2) is 13.2 Å². The number of aliphatic carboxylic acids is 1. The number of amides is 1. The van der Waals surface area contributed by atoms with Crippen LogP contribution in [-0.4, -0.2) is 75.7 Å². The normalized spacial score (nSPS) is 13.7. The van der Waals surface area contributed by atoms with Gasteiger partial charge in [0.25, 0.3) is 15.9 Å². The summed E-state index contributed by atoms with van der Waals surface area (Å²) in [5.74, 6) is -2.82. The lowest BCUT2D eigenvalue weighted by Crippen LogP contribution is -2.44. The molecule has 13 heteroatoms. The molecule has 1 aliphatic heterocycles. The van der Waals surface area contributed by atoms with Crippen LogP contribution in [0.25, 0.3) is 0 Å². The van der Waals surface area contributed by atoms with Crippen LogP contribution in [0.15, 0.2) is 41.3 Å². The molecule has 3 rings (SSSR count). The molecule has 1 fully saturated rings. The summed E-state index contributed by atoms with van der Waals surface area (Å²) < 4.78 is 60.5. The Hall–Kier alpha value is -3.32. The van der Waals surface area contributed by atoms with E-state index in [0.29, 0.717) is 24.3 Å². The molecule has 0 aromatic heterocycles. The monoisotopic (exact) mass is 586 g/mol. The van der Waals surface area contributed by atoms with Crippen molar-refractivity contribution < 1.29 is 36.3 Å². The van der Waals surface area contributed by atoms with Crippen LogP contribution >= 0.6 is 0 Å². The molecule has 0 spiro atoms. The number of alkyl halides is 3. The zero-order chi connectivity index (χ0) is 30.1. The van der Waals surface area contributed by atoms with Gasteiger partial charge in [0.15, 0.2) is 0 Å². The first-order valence-electron chi connectivity index (χ1n) is 13.0. The van der Waals surface area contributed by atoms with Crippen molar-refractivity contribution in [2.75, 3.05) is 48.9 Å². The van der Waals surface area contributed by atoms with E-state index in [1.165, 1.54) is 0 Å².